The van der Waals surface area contributed by atoms with Crippen LogP contribution in [0.5, 0.6) is 11.5 Å². The van der Waals surface area contributed by atoms with E-state index in [1.165, 1.54) is 11.3 Å². The van der Waals surface area contributed by atoms with E-state index in [1.807, 2.05) is 30.6 Å². The molecule has 0 radical (unpaired) electrons. The fourth-order valence-corrected chi connectivity index (χ4v) is 3.40. The average Bonchev–Trinajstić information content (AvgIpc) is 3.31. The topological polar surface area (TPSA) is 90.3 Å². The van der Waals surface area contributed by atoms with Crippen LogP contribution in [0.3, 0.4) is 0 Å². The van der Waals surface area contributed by atoms with Crippen molar-refractivity contribution < 1.29 is 14.3 Å². The largest absolute Gasteiger partial charge is 0.493 e. The van der Waals surface area contributed by atoms with Gasteiger partial charge in [0.2, 0.25) is 5.91 Å². The molecule has 0 spiro atoms. The van der Waals surface area contributed by atoms with Gasteiger partial charge >= 0.3 is 0 Å². The highest BCUT2D eigenvalue weighted by molar-refractivity contribution is 7.14. The van der Waals surface area contributed by atoms with Gasteiger partial charge in [-0.1, -0.05) is 0 Å². The van der Waals surface area contributed by atoms with Gasteiger partial charge in [0.15, 0.2) is 16.6 Å². The highest BCUT2D eigenvalue weighted by Gasteiger charge is 2.21. The number of carbonyl (C=O) groups is 1. The first-order valence-electron chi connectivity index (χ1n) is 8.20. The van der Waals surface area contributed by atoms with Crippen LogP contribution in [0.25, 0.3) is 11.3 Å². The lowest BCUT2D eigenvalue weighted by molar-refractivity contribution is -0.118. The number of thiazole rings is 1. The zero-order chi connectivity index (χ0) is 19.4. The minimum Gasteiger partial charge on any atom is -0.493 e. The Morgan fingerprint density at radius 3 is 2.67 bits per heavy atom. The van der Waals surface area contributed by atoms with Crippen LogP contribution in [0.1, 0.15) is 11.6 Å². The minimum absolute atomic E-state index is 0.196. The zero-order valence-electron chi connectivity index (χ0n) is 15.5. The maximum absolute atomic E-state index is 12.6. The first-order valence-corrected chi connectivity index (χ1v) is 9.08. The summed E-state index contributed by atoms with van der Waals surface area (Å²) in [6.07, 6.45) is 3.47. The van der Waals surface area contributed by atoms with E-state index in [4.69, 9.17) is 9.47 Å². The number of hydrogen-bond acceptors (Lipinski definition) is 7. The van der Waals surface area contributed by atoms with Crippen molar-refractivity contribution in [2.45, 2.75) is 6.04 Å². The van der Waals surface area contributed by atoms with E-state index in [0.717, 1.165) is 16.8 Å². The fourth-order valence-electron chi connectivity index (χ4n) is 2.68. The van der Waals surface area contributed by atoms with Crippen molar-refractivity contribution in [1.29, 1.82) is 0 Å². The molecule has 2 aromatic heterocycles. The van der Waals surface area contributed by atoms with Gasteiger partial charge in [-0.25, -0.2) is 4.98 Å². The van der Waals surface area contributed by atoms with Gasteiger partial charge < -0.3 is 20.1 Å². The third-order valence-electron chi connectivity index (χ3n) is 4.02. The molecule has 1 aromatic carbocycles. The number of benzene rings is 1. The van der Waals surface area contributed by atoms with Gasteiger partial charge in [0, 0.05) is 29.8 Å². The highest BCUT2D eigenvalue weighted by Crippen LogP contribution is 2.33. The number of aryl methyl sites for hydroxylation is 1. The Kier molecular flexibility index (Phi) is 5.72. The van der Waals surface area contributed by atoms with Crippen molar-refractivity contribution in [2.24, 2.45) is 7.05 Å². The summed E-state index contributed by atoms with van der Waals surface area (Å²) < 4.78 is 12.2. The number of aromatic nitrogens is 3. The predicted molar refractivity (Wildman–Crippen MR) is 104 cm³/mol. The molecule has 1 atom stereocenters. The summed E-state index contributed by atoms with van der Waals surface area (Å²) >= 11 is 1.36. The molecule has 27 heavy (non-hydrogen) atoms. The summed E-state index contributed by atoms with van der Waals surface area (Å²) in [5, 5.41) is 12.4. The smallest absolute Gasteiger partial charge is 0.247 e. The van der Waals surface area contributed by atoms with Gasteiger partial charge in [-0.15, -0.1) is 11.3 Å². The lowest BCUT2D eigenvalue weighted by Crippen LogP contribution is -2.30. The third kappa shape index (κ3) is 4.09. The number of nitrogens with zero attached hydrogens (tertiary/aromatic N) is 3. The summed E-state index contributed by atoms with van der Waals surface area (Å²) in [6, 6.07) is 5.07. The number of hydrogen-bond donors (Lipinski definition) is 2. The summed E-state index contributed by atoms with van der Waals surface area (Å²) in [5.41, 5.74) is 2.41. The Morgan fingerprint density at radius 1 is 1.26 bits per heavy atom. The molecule has 2 heterocycles. The van der Waals surface area contributed by atoms with E-state index in [0.29, 0.717) is 16.6 Å². The number of carbonyl (C=O) groups excluding carboxylic acids is 1. The average molecular weight is 387 g/mol. The number of amides is 1. The maximum Gasteiger partial charge on any atom is 0.247 e. The van der Waals surface area contributed by atoms with Crippen molar-refractivity contribution in [2.75, 3.05) is 26.6 Å². The Bertz CT molecular complexity index is 937. The number of methoxy groups -OCH3 is 2. The van der Waals surface area contributed by atoms with Gasteiger partial charge in [-0.05, 0) is 25.2 Å². The minimum atomic E-state index is -0.507. The molecule has 1 amide bonds. The maximum atomic E-state index is 12.6. The molecule has 3 aromatic rings. The Morgan fingerprint density at radius 2 is 2.04 bits per heavy atom. The number of rotatable bonds is 7. The summed E-state index contributed by atoms with van der Waals surface area (Å²) in [4.78, 5) is 17.1. The van der Waals surface area contributed by atoms with Crippen LogP contribution in [0.2, 0.25) is 0 Å². The normalized spacial score (nSPS) is 11.9. The van der Waals surface area contributed by atoms with Crippen molar-refractivity contribution in [3.05, 3.63) is 41.5 Å². The number of nitrogens with one attached hydrogen (secondary N) is 2. The number of ether oxygens (including phenoxy) is 2. The third-order valence-corrected chi connectivity index (χ3v) is 4.78. The van der Waals surface area contributed by atoms with Gasteiger partial charge in [-0.2, -0.15) is 5.10 Å². The number of anilines is 1. The molecule has 9 heteroatoms. The second-order valence-electron chi connectivity index (χ2n) is 5.77. The lowest BCUT2D eigenvalue weighted by Gasteiger charge is -2.13. The van der Waals surface area contributed by atoms with Crippen LogP contribution >= 0.6 is 11.3 Å². The first-order chi connectivity index (χ1) is 13.0. The Hall–Kier alpha value is -2.91. The molecular weight excluding hydrogens is 366 g/mol. The van der Waals surface area contributed by atoms with Crippen LogP contribution in [0, 0.1) is 0 Å². The molecule has 0 saturated carbocycles. The lowest BCUT2D eigenvalue weighted by atomic mass is 10.1. The number of likely N-dealkylation sites (N-methyl/N-ethyl adjacent to an activating group) is 1. The summed E-state index contributed by atoms with van der Waals surface area (Å²) in [6.45, 7) is 0. The Balaban J connectivity index is 1.76. The van der Waals surface area contributed by atoms with Crippen LogP contribution < -0.4 is 20.1 Å². The molecule has 0 fully saturated rings. The molecule has 0 aliphatic carbocycles. The molecule has 1 unspecified atom stereocenters. The van der Waals surface area contributed by atoms with Crippen molar-refractivity contribution in [1.82, 2.24) is 20.1 Å². The molecule has 2 N–H and O–H groups in total. The van der Waals surface area contributed by atoms with E-state index < -0.39 is 6.04 Å². The first kappa shape index (κ1) is 18.9. The van der Waals surface area contributed by atoms with E-state index >= 15 is 0 Å². The molecule has 142 valence electrons. The molecule has 0 aliphatic rings. The van der Waals surface area contributed by atoms with Gasteiger partial charge in [0.1, 0.15) is 6.04 Å². The van der Waals surface area contributed by atoms with E-state index in [9.17, 15) is 4.79 Å². The van der Waals surface area contributed by atoms with E-state index in [-0.39, 0.29) is 5.91 Å². The van der Waals surface area contributed by atoms with Gasteiger partial charge in [-0.3, -0.25) is 9.48 Å². The standard InChI is InChI=1S/C18H21N5O3S/c1-19-16(12-8-20-23(2)9-12)17(24)22-18-21-13(10-27-18)11-5-6-14(25-3)15(7-11)26-4/h5-10,16,19H,1-4H3,(H,21,22,24). The monoisotopic (exact) mass is 387 g/mol. The second-order valence-corrected chi connectivity index (χ2v) is 6.62. The van der Waals surface area contributed by atoms with Crippen molar-refractivity contribution >= 4 is 22.4 Å². The molecule has 8 nitrogen and oxygen atoms in total. The van der Waals surface area contributed by atoms with Crippen LogP contribution in [-0.4, -0.2) is 41.9 Å². The SMILES string of the molecule is CNC(C(=O)Nc1nc(-c2ccc(OC)c(OC)c2)cs1)c1cnn(C)c1. The predicted octanol–water partition coefficient (Wildman–Crippen LogP) is 2.46. The van der Waals surface area contributed by atoms with E-state index in [2.05, 4.69) is 20.7 Å². The fraction of sp³-hybridized carbons (Fsp3) is 0.278. The van der Waals surface area contributed by atoms with Crippen LogP contribution in [-0.2, 0) is 11.8 Å². The Labute approximate surface area is 161 Å². The van der Waals surface area contributed by atoms with Gasteiger partial charge in [0.25, 0.3) is 0 Å². The summed E-state index contributed by atoms with van der Waals surface area (Å²) in [5.74, 6) is 1.08. The molecule has 0 aliphatic heterocycles. The van der Waals surface area contributed by atoms with Crippen molar-refractivity contribution in [3.63, 3.8) is 0 Å². The molecule has 0 saturated heterocycles. The molecule has 0 bridgehead atoms. The molecular formula is C18H21N5O3S. The van der Waals surface area contributed by atoms with E-state index in [1.54, 1.807) is 38.3 Å². The van der Waals surface area contributed by atoms with Crippen LogP contribution in [0.15, 0.2) is 36.0 Å². The highest BCUT2D eigenvalue weighted by atomic mass is 32.1. The zero-order valence-corrected chi connectivity index (χ0v) is 16.3. The van der Waals surface area contributed by atoms with Gasteiger partial charge in [0.05, 0.1) is 26.1 Å². The second kappa shape index (κ2) is 8.19. The van der Waals surface area contributed by atoms with Crippen LogP contribution in [0.4, 0.5) is 5.13 Å². The quantitative estimate of drug-likeness (QED) is 0.647. The molecule has 3 rings (SSSR count). The summed E-state index contributed by atoms with van der Waals surface area (Å²) in [7, 11) is 6.72. The van der Waals surface area contributed by atoms with Crippen molar-refractivity contribution in [3.8, 4) is 22.8 Å².